The average Bonchev–Trinajstić information content (AvgIpc) is 2.15. The first-order chi connectivity index (χ1) is 6.96. The molecule has 1 atom stereocenters. The van der Waals surface area contributed by atoms with Crippen LogP contribution in [0.1, 0.15) is 27.2 Å². The molecule has 0 aromatic rings. The van der Waals surface area contributed by atoms with Gasteiger partial charge in [-0.2, -0.15) is 0 Å². The molecule has 1 rings (SSSR count). The zero-order chi connectivity index (χ0) is 11.5. The molecule has 4 heteroatoms. The van der Waals surface area contributed by atoms with Crippen LogP contribution in [0.3, 0.4) is 0 Å². The Bertz CT molecular complexity index is 228. The van der Waals surface area contributed by atoms with Crippen LogP contribution in [-0.2, 0) is 9.53 Å². The summed E-state index contributed by atoms with van der Waals surface area (Å²) in [6, 6.07) is 0. The van der Waals surface area contributed by atoms with Gasteiger partial charge in [-0.25, -0.2) is 0 Å². The second kappa shape index (κ2) is 5.05. The molecule has 0 aromatic heterocycles. The lowest BCUT2D eigenvalue weighted by Gasteiger charge is -2.42. The fourth-order valence-corrected chi connectivity index (χ4v) is 1.99. The molecule has 1 aliphatic rings. The van der Waals surface area contributed by atoms with Crippen molar-refractivity contribution in [3.63, 3.8) is 0 Å². The highest BCUT2D eigenvalue weighted by Gasteiger charge is 2.33. The van der Waals surface area contributed by atoms with Gasteiger partial charge in [-0.05, 0) is 13.8 Å². The fraction of sp³-hybridized carbons (Fsp3) is 0.909. The molecule has 0 radical (unpaired) electrons. The Labute approximate surface area is 91.2 Å². The molecule has 0 amide bonds. The van der Waals surface area contributed by atoms with Gasteiger partial charge in [0.05, 0.1) is 24.9 Å². The van der Waals surface area contributed by atoms with Crippen LogP contribution in [0.2, 0.25) is 0 Å². The Morgan fingerprint density at radius 1 is 1.60 bits per heavy atom. The molecule has 0 aromatic carbocycles. The zero-order valence-corrected chi connectivity index (χ0v) is 9.82. The molecule has 1 heterocycles. The normalized spacial score (nSPS) is 26.5. The summed E-state index contributed by atoms with van der Waals surface area (Å²) in [5.41, 5.74) is -0.278. The molecule has 0 bridgehead atoms. The quantitative estimate of drug-likeness (QED) is 0.739. The predicted octanol–water partition coefficient (Wildman–Crippen LogP) is 0.437. The maximum absolute atomic E-state index is 11.3. The lowest BCUT2D eigenvalue weighted by molar-refractivity contribution is -0.152. The van der Waals surface area contributed by atoms with Crippen LogP contribution in [0.5, 0.6) is 0 Å². The van der Waals surface area contributed by atoms with Crippen LogP contribution in [0.25, 0.3) is 0 Å². The zero-order valence-electron chi connectivity index (χ0n) is 9.82. The van der Waals surface area contributed by atoms with Gasteiger partial charge in [-0.3, -0.25) is 9.69 Å². The molecule has 1 saturated heterocycles. The van der Waals surface area contributed by atoms with Crippen molar-refractivity contribution in [2.24, 2.45) is 0 Å². The number of aliphatic hydroxyl groups is 1. The highest BCUT2D eigenvalue weighted by molar-refractivity contribution is 5.80. The Hall–Kier alpha value is -0.450. The maximum atomic E-state index is 11.3. The van der Waals surface area contributed by atoms with Gasteiger partial charge in [0.15, 0.2) is 0 Å². The molecule has 1 unspecified atom stereocenters. The van der Waals surface area contributed by atoms with E-state index in [0.717, 1.165) is 6.54 Å². The molecule has 1 N–H and O–H groups in total. The molecule has 0 saturated carbocycles. The third-order valence-corrected chi connectivity index (χ3v) is 2.55. The molecule has 4 nitrogen and oxygen atoms in total. The van der Waals surface area contributed by atoms with Gasteiger partial charge in [0.25, 0.3) is 0 Å². The molecule has 1 fully saturated rings. The molecule has 0 aliphatic carbocycles. The number of aliphatic hydroxyl groups excluding tert-OH is 1. The second-order valence-corrected chi connectivity index (χ2v) is 4.74. The number of hydrogen-bond acceptors (Lipinski definition) is 4. The minimum absolute atomic E-state index is 0.0141. The standard InChI is InChI=1S/C11H21NO3/c1-4-9(14)5-12-6-10(7-13)15-11(2,3)8-12/h10,13H,4-8H2,1-3H3. The van der Waals surface area contributed by atoms with Gasteiger partial charge in [0.2, 0.25) is 0 Å². The van der Waals surface area contributed by atoms with Crippen molar-refractivity contribution in [2.75, 3.05) is 26.2 Å². The minimum atomic E-state index is -0.278. The first-order valence-corrected chi connectivity index (χ1v) is 5.49. The molecular formula is C11H21NO3. The largest absolute Gasteiger partial charge is 0.394 e. The topological polar surface area (TPSA) is 49.8 Å². The minimum Gasteiger partial charge on any atom is -0.394 e. The van der Waals surface area contributed by atoms with Gasteiger partial charge < -0.3 is 9.84 Å². The van der Waals surface area contributed by atoms with Crippen LogP contribution in [0.15, 0.2) is 0 Å². The van der Waals surface area contributed by atoms with Crippen molar-refractivity contribution in [3.05, 3.63) is 0 Å². The van der Waals surface area contributed by atoms with E-state index in [4.69, 9.17) is 9.84 Å². The van der Waals surface area contributed by atoms with Crippen LogP contribution in [-0.4, -0.2) is 53.7 Å². The van der Waals surface area contributed by atoms with E-state index in [9.17, 15) is 4.79 Å². The lowest BCUT2D eigenvalue weighted by atomic mass is 10.0. The van der Waals surface area contributed by atoms with E-state index in [1.807, 2.05) is 20.8 Å². The Morgan fingerprint density at radius 3 is 2.80 bits per heavy atom. The lowest BCUT2D eigenvalue weighted by Crippen LogP contribution is -2.54. The number of ether oxygens (including phenoxy) is 1. The van der Waals surface area contributed by atoms with Gasteiger partial charge >= 0.3 is 0 Å². The number of carbonyl (C=O) groups excluding carboxylic acids is 1. The fourth-order valence-electron chi connectivity index (χ4n) is 1.99. The Morgan fingerprint density at radius 2 is 2.27 bits per heavy atom. The first-order valence-electron chi connectivity index (χ1n) is 5.49. The van der Waals surface area contributed by atoms with Crippen molar-refractivity contribution < 1.29 is 14.6 Å². The Balaban J connectivity index is 2.54. The molecule has 15 heavy (non-hydrogen) atoms. The van der Waals surface area contributed by atoms with E-state index < -0.39 is 0 Å². The number of ketones is 1. The highest BCUT2D eigenvalue weighted by Crippen LogP contribution is 2.20. The molecule has 1 aliphatic heterocycles. The van der Waals surface area contributed by atoms with Crippen LogP contribution < -0.4 is 0 Å². The predicted molar refractivity (Wildman–Crippen MR) is 57.8 cm³/mol. The smallest absolute Gasteiger partial charge is 0.146 e. The van der Waals surface area contributed by atoms with E-state index >= 15 is 0 Å². The van der Waals surface area contributed by atoms with E-state index in [1.165, 1.54) is 0 Å². The second-order valence-electron chi connectivity index (χ2n) is 4.74. The van der Waals surface area contributed by atoms with E-state index in [-0.39, 0.29) is 24.1 Å². The third-order valence-electron chi connectivity index (χ3n) is 2.55. The Kier molecular flexibility index (Phi) is 4.25. The van der Waals surface area contributed by atoms with Gasteiger partial charge in [-0.1, -0.05) is 6.92 Å². The monoisotopic (exact) mass is 215 g/mol. The number of nitrogens with zero attached hydrogens (tertiary/aromatic N) is 1. The number of Topliss-reactive ketones (excluding diaryl/α,β-unsaturated/α-hetero) is 1. The summed E-state index contributed by atoms with van der Waals surface area (Å²) in [6.07, 6.45) is 0.403. The van der Waals surface area contributed by atoms with Crippen molar-refractivity contribution in [2.45, 2.75) is 38.9 Å². The molecule has 0 spiro atoms. The van der Waals surface area contributed by atoms with Crippen molar-refractivity contribution >= 4 is 5.78 Å². The van der Waals surface area contributed by atoms with Crippen molar-refractivity contribution in [1.82, 2.24) is 4.90 Å². The number of carbonyl (C=O) groups is 1. The SMILES string of the molecule is CCC(=O)CN1CC(CO)OC(C)(C)C1. The summed E-state index contributed by atoms with van der Waals surface area (Å²) in [7, 11) is 0. The van der Waals surface area contributed by atoms with Crippen molar-refractivity contribution in [1.29, 1.82) is 0 Å². The van der Waals surface area contributed by atoms with E-state index in [2.05, 4.69) is 4.90 Å². The summed E-state index contributed by atoms with van der Waals surface area (Å²) in [5, 5.41) is 9.10. The number of morpholine rings is 1. The van der Waals surface area contributed by atoms with Gasteiger partial charge in [-0.15, -0.1) is 0 Å². The summed E-state index contributed by atoms with van der Waals surface area (Å²) < 4.78 is 5.67. The average molecular weight is 215 g/mol. The van der Waals surface area contributed by atoms with Gasteiger partial charge in [0.1, 0.15) is 5.78 Å². The van der Waals surface area contributed by atoms with E-state index in [1.54, 1.807) is 0 Å². The summed E-state index contributed by atoms with van der Waals surface area (Å²) in [4.78, 5) is 13.4. The van der Waals surface area contributed by atoms with E-state index in [0.29, 0.717) is 19.5 Å². The summed E-state index contributed by atoms with van der Waals surface area (Å²) >= 11 is 0. The molecule has 88 valence electrons. The van der Waals surface area contributed by atoms with Crippen LogP contribution >= 0.6 is 0 Å². The summed E-state index contributed by atoms with van der Waals surface area (Å²) in [6.45, 7) is 7.72. The summed E-state index contributed by atoms with van der Waals surface area (Å²) in [5.74, 6) is 0.240. The first kappa shape index (κ1) is 12.6. The van der Waals surface area contributed by atoms with Crippen molar-refractivity contribution in [3.8, 4) is 0 Å². The highest BCUT2D eigenvalue weighted by atomic mass is 16.5. The molecular weight excluding hydrogens is 194 g/mol. The van der Waals surface area contributed by atoms with Gasteiger partial charge in [0, 0.05) is 19.5 Å². The number of rotatable bonds is 4. The third kappa shape index (κ3) is 3.89. The number of hydrogen-bond donors (Lipinski definition) is 1. The van der Waals surface area contributed by atoms with Crippen LogP contribution in [0, 0.1) is 0 Å². The van der Waals surface area contributed by atoms with Crippen LogP contribution in [0.4, 0.5) is 0 Å². The maximum Gasteiger partial charge on any atom is 0.146 e.